The van der Waals surface area contributed by atoms with E-state index in [1.165, 1.54) is 161 Å². The van der Waals surface area contributed by atoms with E-state index in [-0.39, 0.29) is 0 Å². The number of hydrogen-bond donors (Lipinski definition) is 0. The van der Waals surface area contributed by atoms with Gasteiger partial charge in [0.25, 0.3) is 0 Å². The molecule has 0 amide bonds. The summed E-state index contributed by atoms with van der Waals surface area (Å²) < 4.78 is 0. The Morgan fingerprint density at radius 1 is 0.389 bits per heavy atom. The van der Waals surface area contributed by atoms with Crippen LogP contribution < -0.4 is 0 Å². The zero-order valence-corrected chi connectivity index (χ0v) is 25.4. The van der Waals surface area contributed by atoms with Gasteiger partial charge in [0.05, 0.1) is 0 Å². The van der Waals surface area contributed by atoms with Gasteiger partial charge in [-0.3, -0.25) is 0 Å². The van der Waals surface area contributed by atoms with E-state index in [1.54, 1.807) is 0 Å². The fourth-order valence-electron chi connectivity index (χ4n) is 4.97. The van der Waals surface area contributed by atoms with Crippen molar-refractivity contribution in [1.82, 2.24) is 0 Å². The molecular weight excluding hydrogens is 432 g/mol. The molecule has 1 atom stereocenters. The predicted molar refractivity (Wildman–Crippen MR) is 168 cm³/mol. The minimum Gasteiger partial charge on any atom is -0.0883 e. The van der Waals surface area contributed by atoms with Crippen LogP contribution in [0.15, 0.2) is 36.5 Å². The van der Waals surface area contributed by atoms with E-state index in [0.29, 0.717) is 0 Å². The molecule has 0 aliphatic heterocycles. The van der Waals surface area contributed by atoms with Crippen molar-refractivity contribution in [3.63, 3.8) is 0 Å². The van der Waals surface area contributed by atoms with Crippen molar-refractivity contribution in [2.45, 2.75) is 188 Å². The van der Waals surface area contributed by atoms with Crippen LogP contribution in [0, 0.1) is 5.92 Å². The molecule has 0 radical (unpaired) electrons. The van der Waals surface area contributed by atoms with Gasteiger partial charge in [-0.2, -0.15) is 0 Å². The predicted octanol–water partition coefficient (Wildman–Crippen LogP) is 13.5. The summed E-state index contributed by atoms with van der Waals surface area (Å²) in [5.41, 5.74) is 0. The lowest BCUT2D eigenvalue weighted by molar-refractivity contribution is 0.515. The first-order valence-corrected chi connectivity index (χ1v) is 16.8. The first-order chi connectivity index (χ1) is 17.8. The van der Waals surface area contributed by atoms with E-state index < -0.39 is 0 Å². The highest BCUT2D eigenvalue weighted by atomic mass is 14.0. The second-order valence-electron chi connectivity index (χ2n) is 11.5. The number of unbranched alkanes of at least 4 members (excludes halogenated alkanes) is 21. The number of hydrogen-bond acceptors (Lipinski definition) is 0. The third kappa shape index (κ3) is 31.3. The monoisotopic (exact) mass is 501 g/mol. The lowest BCUT2D eigenvalue weighted by Crippen LogP contribution is -1.90. The Kier molecular flexibility index (Phi) is 31.6. The highest BCUT2D eigenvalue weighted by molar-refractivity contribution is 4.92. The van der Waals surface area contributed by atoms with Crippen LogP contribution in [0.25, 0.3) is 0 Å². The van der Waals surface area contributed by atoms with Gasteiger partial charge in [0.15, 0.2) is 0 Å². The van der Waals surface area contributed by atoms with E-state index in [0.717, 1.165) is 12.3 Å². The molecule has 0 aromatic rings. The maximum atomic E-state index is 2.46. The standard InChI is InChI=1S/C36H68/c1-4-6-8-10-11-12-13-14-15-16-17-18-19-20-21-22-23-24-25-26-27-28-29-31-33-35-36(3)34-32-30-9-7-5-2/h10-11,13-14,32,34,36H,4-9,12,15-31,33,35H2,1-3H3/b11-10+,14-13+,34-32+. The second kappa shape index (κ2) is 32.2. The Morgan fingerprint density at radius 2 is 0.778 bits per heavy atom. The van der Waals surface area contributed by atoms with Crippen LogP contribution in [0.5, 0.6) is 0 Å². The lowest BCUT2D eigenvalue weighted by atomic mass is 10.00. The zero-order chi connectivity index (χ0) is 26.2. The molecule has 36 heavy (non-hydrogen) atoms. The van der Waals surface area contributed by atoms with Crippen LogP contribution in [0.2, 0.25) is 0 Å². The normalized spacial score (nSPS) is 13.1. The summed E-state index contributed by atoms with van der Waals surface area (Å²) in [6, 6.07) is 0. The molecule has 212 valence electrons. The third-order valence-corrected chi connectivity index (χ3v) is 7.55. The zero-order valence-electron chi connectivity index (χ0n) is 25.4. The topological polar surface area (TPSA) is 0 Å². The van der Waals surface area contributed by atoms with Crippen molar-refractivity contribution < 1.29 is 0 Å². The molecule has 0 heterocycles. The average molecular weight is 501 g/mol. The molecule has 0 saturated carbocycles. The van der Waals surface area contributed by atoms with Gasteiger partial charge in [-0.25, -0.2) is 0 Å². The third-order valence-electron chi connectivity index (χ3n) is 7.55. The molecule has 0 bridgehead atoms. The average Bonchev–Trinajstić information content (AvgIpc) is 2.88. The van der Waals surface area contributed by atoms with Crippen LogP contribution >= 0.6 is 0 Å². The Labute approximate surface area is 229 Å². The van der Waals surface area contributed by atoms with E-state index in [9.17, 15) is 0 Å². The second-order valence-corrected chi connectivity index (χ2v) is 11.5. The molecular formula is C36H68. The van der Waals surface area contributed by atoms with Crippen molar-refractivity contribution in [1.29, 1.82) is 0 Å². The Bertz CT molecular complexity index is 468. The fraction of sp³-hybridized carbons (Fsp3) is 0.833. The minimum atomic E-state index is 0.784. The molecule has 0 aromatic heterocycles. The van der Waals surface area contributed by atoms with Crippen LogP contribution in [0.3, 0.4) is 0 Å². The summed E-state index contributed by atoms with van der Waals surface area (Å²) in [5.74, 6) is 0.784. The van der Waals surface area contributed by atoms with Crippen LogP contribution in [0.4, 0.5) is 0 Å². The van der Waals surface area contributed by atoms with Gasteiger partial charge in [0.2, 0.25) is 0 Å². The summed E-state index contributed by atoms with van der Waals surface area (Å²) in [4.78, 5) is 0. The largest absolute Gasteiger partial charge is 0.0883 e. The molecule has 1 unspecified atom stereocenters. The maximum absolute atomic E-state index is 2.46. The highest BCUT2D eigenvalue weighted by Gasteiger charge is 1.98. The number of rotatable bonds is 29. The molecule has 0 saturated heterocycles. The molecule has 0 heteroatoms. The molecule has 0 aliphatic rings. The van der Waals surface area contributed by atoms with E-state index >= 15 is 0 Å². The number of allylic oxidation sites excluding steroid dienone is 6. The summed E-state index contributed by atoms with van der Waals surface area (Å²) in [6.45, 7) is 6.94. The van der Waals surface area contributed by atoms with Crippen molar-refractivity contribution in [3.05, 3.63) is 36.5 Å². The molecule has 0 rings (SSSR count). The molecule has 0 fully saturated rings. The summed E-state index contributed by atoms with van der Waals surface area (Å²) >= 11 is 0. The van der Waals surface area contributed by atoms with Crippen LogP contribution in [0.1, 0.15) is 188 Å². The van der Waals surface area contributed by atoms with E-state index in [2.05, 4.69) is 57.2 Å². The van der Waals surface area contributed by atoms with Gasteiger partial charge in [-0.05, 0) is 50.9 Å². The van der Waals surface area contributed by atoms with Crippen molar-refractivity contribution in [2.24, 2.45) is 5.92 Å². The Hall–Kier alpha value is -0.780. The summed E-state index contributed by atoms with van der Waals surface area (Å²) in [7, 11) is 0. The first kappa shape index (κ1) is 35.2. The van der Waals surface area contributed by atoms with Gasteiger partial charge in [0, 0.05) is 0 Å². The molecule has 0 nitrogen and oxygen atoms in total. The molecule has 0 aliphatic carbocycles. The van der Waals surface area contributed by atoms with Gasteiger partial charge in [-0.15, -0.1) is 0 Å². The summed E-state index contributed by atoms with van der Waals surface area (Å²) in [5, 5.41) is 0. The summed E-state index contributed by atoms with van der Waals surface area (Å²) in [6.07, 6.45) is 50.6. The van der Waals surface area contributed by atoms with Crippen LogP contribution in [-0.2, 0) is 0 Å². The molecule has 0 N–H and O–H groups in total. The Balaban J connectivity index is 3.18. The van der Waals surface area contributed by atoms with Gasteiger partial charge in [-0.1, -0.05) is 179 Å². The fourth-order valence-corrected chi connectivity index (χ4v) is 4.97. The van der Waals surface area contributed by atoms with Gasteiger partial charge >= 0.3 is 0 Å². The van der Waals surface area contributed by atoms with E-state index in [4.69, 9.17) is 0 Å². The first-order valence-electron chi connectivity index (χ1n) is 16.8. The van der Waals surface area contributed by atoms with Crippen molar-refractivity contribution in [3.8, 4) is 0 Å². The van der Waals surface area contributed by atoms with Crippen LogP contribution in [-0.4, -0.2) is 0 Å². The quantitative estimate of drug-likeness (QED) is 0.0707. The smallest absolute Gasteiger partial charge is 0.0169 e. The van der Waals surface area contributed by atoms with Gasteiger partial charge < -0.3 is 0 Å². The van der Waals surface area contributed by atoms with E-state index in [1.807, 2.05) is 0 Å². The SMILES string of the molecule is CCCC/C=C/C/C=C/CCCCCCCCCCCCCCCCCCC(C)/C=C/CCCCC. The maximum Gasteiger partial charge on any atom is -0.0169 e. The van der Waals surface area contributed by atoms with Crippen molar-refractivity contribution >= 4 is 0 Å². The van der Waals surface area contributed by atoms with Crippen molar-refractivity contribution in [2.75, 3.05) is 0 Å². The molecule has 0 spiro atoms. The Morgan fingerprint density at radius 3 is 1.28 bits per heavy atom. The highest BCUT2D eigenvalue weighted by Crippen LogP contribution is 2.16. The lowest BCUT2D eigenvalue weighted by Gasteiger charge is -2.06. The molecule has 0 aromatic carbocycles. The minimum absolute atomic E-state index is 0.784. The van der Waals surface area contributed by atoms with Gasteiger partial charge in [0.1, 0.15) is 0 Å².